The van der Waals surface area contributed by atoms with Crippen LogP contribution in [0.25, 0.3) is 0 Å². The second-order valence-electron chi connectivity index (χ2n) is 9.81. The maximum Gasteiger partial charge on any atom is 0.161 e. The van der Waals surface area contributed by atoms with Gasteiger partial charge in [-0.2, -0.15) is 0 Å². The SMILES string of the molecule is O[C@@H]1[C@@H](O)[C@H]2O[C@H](COC[C@H]3C[C@H]3COc3cc(Cl)c(Cc4ccc5c(c4)OCCO5)cc32)[C@H]1O. The standard InChI is InChI=1S/C26H29ClO8/c27-18-9-20-17(8-14(18)5-13-1-2-19-21(6-13)33-4-3-32-19)26-25(30)24(29)23(28)22(35-26)12-31-10-15-7-16(15)11-34-20/h1-2,6,8-9,15-16,22-26,28-30H,3-5,7,10-12H2/t15-,16+,22-,23-,24+,25-,26+/m1/s1. The molecule has 2 fully saturated rings. The van der Waals surface area contributed by atoms with Crippen molar-refractivity contribution in [3.63, 3.8) is 0 Å². The van der Waals surface area contributed by atoms with Crippen molar-refractivity contribution in [2.24, 2.45) is 11.8 Å². The summed E-state index contributed by atoms with van der Waals surface area (Å²) in [5, 5.41) is 32.5. The molecule has 0 amide bonds. The molecule has 2 aromatic rings. The average Bonchev–Trinajstić information content (AvgIpc) is 3.61. The summed E-state index contributed by atoms with van der Waals surface area (Å²) in [4.78, 5) is 0. The molecule has 1 saturated carbocycles. The maximum absolute atomic E-state index is 10.9. The Morgan fingerprint density at radius 1 is 0.800 bits per heavy atom. The van der Waals surface area contributed by atoms with Gasteiger partial charge in [-0.3, -0.25) is 0 Å². The van der Waals surface area contributed by atoms with E-state index in [4.69, 9.17) is 35.3 Å². The minimum atomic E-state index is -1.39. The summed E-state index contributed by atoms with van der Waals surface area (Å²) in [6, 6.07) is 9.41. The number of hydrogen-bond donors (Lipinski definition) is 3. The van der Waals surface area contributed by atoms with Crippen LogP contribution in [0.3, 0.4) is 0 Å². The molecule has 3 aliphatic heterocycles. The molecule has 0 unspecified atom stereocenters. The Balaban J connectivity index is 1.35. The van der Waals surface area contributed by atoms with Crippen molar-refractivity contribution in [3.05, 3.63) is 52.0 Å². The normalized spacial score (nSPS) is 33.9. The first kappa shape index (κ1) is 23.3. The van der Waals surface area contributed by atoms with E-state index in [1.165, 1.54) is 0 Å². The van der Waals surface area contributed by atoms with E-state index in [-0.39, 0.29) is 6.61 Å². The van der Waals surface area contributed by atoms with E-state index in [0.717, 1.165) is 23.3 Å². The lowest BCUT2D eigenvalue weighted by Gasteiger charge is -2.41. The van der Waals surface area contributed by atoms with Crippen LogP contribution in [0.4, 0.5) is 0 Å². The van der Waals surface area contributed by atoms with Gasteiger partial charge in [0.25, 0.3) is 0 Å². The number of rotatable bonds is 2. The molecule has 35 heavy (non-hydrogen) atoms. The topological polar surface area (TPSA) is 107 Å². The molecule has 3 N–H and O–H groups in total. The molecule has 1 aliphatic carbocycles. The molecule has 3 heterocycles. The molecule has 0 aromatic heterocycles. The zero-order valence-corrected chi connectivity index (χ0v) is 19.9. The summed E-state index contributed by atoms with van der Waals surface area (Å²) >= 11 is 6.70. The van der Waals surface area contributed by atoms with Gasteiger partial charge in [-0.05, 0) is 60.1 Å². The van der Waals surface area contributed by atoms with Gasteiger partial charge < -0.3 is 39.0 Å². The lowest BCUT2D eigenvalue weighted by atomic mass is 9.89. The summed E-state index contributed by atoms with van der Waals surface area (Å²) in [7, 11) is 0. The smallest absolute Gasteiger partial charge is 0.161 e. The Bertz CT molecular complexity index is 1090. The molecular weight excluding hydrogens is 476 g/mol. The van der Waals surface area contributed by atoms with Gasteiger partial charge in [-0.1, -0.05) is 17.7 Å². The molecule has 0 spiro atoms. The molecule has 2 aromatic carbocycles. The highest BCUT2D eigenvalue weighted by Crippen LogP contribution is 2.44. The Kier molecular flexibility index (Phi) is 6.28. The molecule has 7 atom stereocenters. The van der Waals surface area contributed by atoms with Gasteiger partial charge in [0.15, 0.2) is 11.5 Å². The zero-order valence-electron chi connectivity index (χ0n) is 19.1. The second-order valence-corrected chi connectivity index (χ2v) is 10.2. The number of halogens is 1. The quantitative estimate of drug-likeness (QED) is 0.572. The van der Waals surface area contributed by atoms with Crippen LogP contribution in [-0.4, -0.2) is 72.8 Å². The van der Waals surface area contributed by atoms with Gasteiger partial charge in [0.1, 0.15) is 49.5 Å². The van der Waals surface area contributed by atoms with E-state index in [0.29, 0.717) is 66.8 Å². The Labute approximate surface area is 208 Å². The lowest BCUT2D eigenvalue weighted by Crippen LogP contribution is -2.55. The van der Waals surface area contributed by atoms with E-state index in [1.54, 1.807) is 6.07 Å². The van der Waals surface area contributed by atoms with Crippen LogP contribution < -0.4 is 14.2 Å². The molecular formula is C26H29ClO8. The fourth-order valence-electron chi connectivity index (χ4n) is 5.12. The van der Waals surface area contributed by atoms with Gasteiger partial charge in [-0.25, -0.2) is 0 Å². The monoisotopic (exact) mass is 504 g/mol. The molecule has 6 rings (SSSR count). The van der Waals surface area contributed by atoms with E-state index < -0.39 is 30.5 Å². The van der Waals surface area contributed by atoms with Crippen molar-refractivity contribution in [2.75, 3.05) is 33.0 Å². The molecule has 1 saturated heterocycles. The van der Waals surface area contributed by atoms with Gasteiger partial charge in [0.05, 0.1) is 13.2 Å². The number of hydrogen-bond acceptors (Lipinski definition) is 8. The average molecular weight is 505 g/mol. The summed E-state index contributed by atoms with van der Waals surface area (Å²) in [5.41, 5.74) is 2.38. The first-order valence-corrected chi connectivity index (χ1v) is 12.5. The number of aliphatic hydroxyl groups is 3. The minimum absolute atomic E-state index is 0.137. The fourth-order valence-corrected chi connectivity index (χ4v) is 5.34. The van der Waals surface area contributed by atoms with E-state index in [2.05, 4.69) is 0 Å². The highest BCUT2D eigenvalue weighted by Gasteiger charge is 2.46. The van der Waals surface area contributed by atoms with Crippen molar-refractivity contribution in [1.82, 2.24) is 0 Å². The predicted molar refractivity (Wildman–Crippen MR) is 125 cm³/mol. The van der Waals surface area contributed by atoms with Gasteiger partial charge >= 0.3 is 0 Å². The third-order valence-electron chi connectivity index (χ3n) is 7.33. The van der Waals surface area contributed by atoms with Crippen molar-refractivity contribution in [1.29, 1.82) is 0 Å². The van der Waals surface area contributed by atoms with E-state index >= 15 is 0 Å². The fraction of sp³-hybridized carbons (Fsp3) is 0.538. The van der Waals surface area contributed by atoms with Crippen molar-refractivity contribution < 1.29 is 39.0 Å². The predicted octanol–water partition coefficient (Wildman–Crippen LogP) is 2.27. The first-order valence-electron chi connectivity index (χ1n) is 12.1. The summed E-state index contributed by atoms with van der Waals surface area (Å²) in [6.45, 7) is 2.23. The molecule has 188 valence electrons. The van der Waals surface area contributed by atoms with Crippen molar-refractivity contribution in [3.8, 4) is 17.2 Å². The maximum atomic E-state index is 10.9. The second kappa shape index (κ2) is 9.42. The third kappa shape index (κ3) is 4.59. The first-order chi connectivity index (χ1) is 17.0. The highest BCUT2D eigenvalue weighted by molar-refractivity contribution is 6.31. The largest absolute Gasteiger partial charge is 0.493 e. The number of ether oxygens (including phenoxy) is 5. The molecule has 4 aliphatic rings. The molecule has 0 radical (unpaired) electrons. The zero-order chi connectivity index (χ0) is 24.1. The molecule has 2 bridgehead atoms. The van der Waals surface area contributed by atoms with Crippen LogP contribution in [-0.2, 0) is 15.9 Å². The van der Waals surface area contributed by atoms with Gasteiger partial charge in [0, 0.05) is 17.2 Å². The van der Waals surface area contributed by atoms with Crippen molar-refractivity contribution >= 4 is 11.6 Å². The number of benzene rings is 2. The van der Waals surface area contributed by atoms with Gasteiger partial charge in [-0.15, -0.1) is 0 Å². The Hall–Kier alpha value is -2.07. The van der Waals surface area contributed by atoms with Crippen LogP contribution >= 0.6 is 11.6 Å². The van der Waals surface area contributed by atoms with Crippen molar-refractivity contribution in [2.45, 2.75) is 43.4 Å². The summed E-state index contributed by atoms with van der Waals surface area (Å²) < 4.78 is 29.4. The van der Waals surface area contributed by atoms with Crippen LogP contribution in [0.2, 0.25) is 5.02 Å². The number of aliphatic hydroxyl groups excluding tert-OH is 3. The summed E-state index contributed by atoms with van der Waals surface area (Å²) in [5.74, 6) is 2.72. The third-order valence-corrected chi connectivity index (χ3v) is 7.69. The van der Waals surface area contributed by atoms with Gasteiger partial charge in [0.2, 0.25) is 0 Å². The molecule has 8 nitrogen and oxygen atoms in total. The highest BCUT2D eigenvalue weighted by atomic mass is 35.5. The number of fused-ring (bicyclic) bond motifs is 6. The van der Waals surface area contributed by atoms with Crippen LogP contribution in [0, 0.1) is 11.8 Å². The van der Waals surface area contributed by atoms with Crippen LogP contribution in [0.1, 0.15) is 29.2 Å². The summed E-state index contributed by atoms with van der Waals surface area (Å²) in [6.07, 6.45) is -4.16. The van der Waals surface area contributed by atoms with Crippen LogP contribution in [0.15, 0.2) is 30.3 Å². The Morgan fingerprint density at radius 2 is 1.60 bits per heavy atom. The van der Waals surface area contributed by atoms with Crippen LogP contribution in [0.5, 0.6) is 17.2 Å². The lowest BCUT2D eigenvalue weighted by molar-refractivity contribution is -0.235. The molecule has 9 heteroatoms. The van der Waals surface area contributed by atoms with E-state index in [9.17, 15) is 15.3 Å². The Morgan fingerprint density at radius 3 is 2.46 bits per heavy atom. The van der Waals surface area contributed by atoms with E-state index in [1.807, 2.05) is 24.3 Å². The minimum Gasteiger partial charge on any atom is -0.493 e.